The van der Waals surface area contributed by atoms with Gasteiger partial charge in [0.2, 0.25) is 5.91 Å². The molecule has 0 aliphatic heterocycles. The highest BCUT2D eigenvalue weighted by Crippen LogP contribution is 2.32. The Balaban J connectivity index is 1.72. The number of rotatable bonds is 5. The second-order valence-corrected chi connectivity index (χ2v) is 6.16. The fraction of sp³-hybridized carbons (Fsp3) is 0.0526. The predicted molar refractivity (Wildman–Crippen MR) is 97.9 cm³/mol. The zero-order valence-corrected chi connectivity index (χ0v) is 14.0. The average Bonchev–Trinajstić information content (AvgIpc) is 3.01. The Kier molecular flexibility index (Phi) is 5.13. The number of hydrogen-bond acceptors (Lipinski definition) is 3. The molecule has 1 heterocycles. The maximum atomic E-state index is 12.2. The highest BCUT2D eigenvalue weighted by atomic mass is 32.2. The molecule has 1 aromatic heterocycles. The number of benzene rings is 2. The molecule has 0 fully saturated rings. The molecule has 0 bridgehead atoms. The number of imidazole rings is 1. The van der Waals surface area contributed by atoms with Crippen molar-refractivity contribution in [3.05, 3.63) is 78.6 Å². The van der Waals surface area contributed by atoms with E-state index in [1.165, 1.54) is 17.8 Å². The van der Waals surface area contributed by atoms with Crippen molar-refractivity contribution in [1.29, 1.82) is 0 Å². The molecule has 0 unspecified atom stereocenters. The molecule has 0 aliphatic carbocycles. The molecule has 1 amide bonds. The smallest absolute Gasteiger partial charge is 0.248 e. The van der Waals surface area contributed by atoms with Crippen LogP contribution in [0.15, 0.2) is 83.1 Å². The van der Waals surface area contributed by atoms with Crippen molar-refractivity contribution in [3.63, 3.8) is 0 Å². The molecule has 5 heteroatoms. The van der Waals surface area contributed by atoms with Crippen LogP contribution in [0.25, 0.3) is 6.08 Å². The Morgan fingerprint density at radius 2 is 1.88 bits per heavy atom. The summed E-state index contributed by atoms with van der Waals surface area (Å²) in [4.78, 5) is 17.4. The Morgan fingerprint density at radius 3 is 2.62 bits per heavy atom. The number of para-hydroxylation sites is 1. The quantitative estimate of drug-likeness (QED) is 0.710. The molecule has 3 rings (SSSR count). The summed E-state index contributed by atoms with van der Waals surface area (Å²) in [6.45, 7) is 0. The van der Waals surface area contributed by atoms with Crippen LogP contribution < -0.4 is 5.32 Å². The Hall–Kier alpha value is -2.79. The van der Waals surface area contributed by atoms with Crippen LogP contribution >= 0.6 is 11.8 Å². The molecule has 120 valence electrons. The van der Waals surface area contributed by atoms with E-state index in [2.05, 4.69) is 10.3 Å². The largest absolute Gasteiger partial charge is 0.329 e. The molecule has 0 saturated heterocycles. The normalized spacial score (nSPS) is 10.9. The van der Waals surface area contributed by atoms with Crippen molar-refractivity contribution in [3.8, 4) is 0 Å². The fourth-order valence-corrected chi connectivity index (χ4v) is 3.01. The van der Waals surface area contributed by atoms with Gasteiger partial charge in [0, 0.05) is 30.4 Å². The maximum absolute atomic E-state index is 12.2. The van der Waals surface area contributed by atoms with Gasteiger partial charge < -0.3 is 9.88 Å². The van der Waals surface area contributed by atoms with Crippen LogP contribution in [-0.4, -0.2) is 15.5 Å². The second-order valence-electron chi connectivity index (χ2n) is 5.15. The molecule has 1 N–H and O–H groups in total. The summed E-state index contributed by atoms with van der Waals surface area (Å²) in [5.74, 6) is -0.160. The summed E-state index contributed by atoms with van der Waals surface area (Å²) in [5.41, 5.74) is 1.76. The third-order valence-electron chi connectivity index (χ3n) is 3.35. The Morgan fingerprint density at radius 1 is 1.12 bits per heavy atom. The van der Waals surface area contributed by atoms with E-state index in [1.54, 1.807) is 12.3 Å². The van der Waals surface area contributed by atoms with Gasteiger partial charge >= 0.3 is 0 Å². The summed E-state index contributed by atoms with van der Waals surface area (Å²) in [7, 11) is 1.94. The number of carbonyl (C=O) groups is 1. The first-order valence-corrected chi connectivity index (χ1v) is 8.32. The molecular formula is C19H17N3OS. The van der Waals surface area contributed by atoms with Gasteiger partial charge in [-0.15, -0.1) is 0 Å². The van der Waals surface area contributed by atoms with Gasteiger partial charge in [0.05, 0.1) is 5.69 Å². The first-order chi connectivity index (χ1) is 11.7. The minimum atomic E-state index is -0.160. The number of aromatic nitrogens is 2. The zero-order chi connectivity index (χ0) is 16.8. The number of carbonyl (C=O) groups excluding carboxylic acids is 1. The van der Waals surface area contributed by atoms with E-state index in [1.807, 2.05) is 72.4 Å². The molecule has 0 saturated carbocycles. The van der Waals surface area contributed by atoms with E-state index in [9.17, 15) is 4.79 Å². The molecule has 3 aromatic rings. The number of hydrogen-bond donors (Lipinski definition) is 1. The van der Waals surface area contributed by atoms with E-state index in [4.69, 9.17) is 0 Å². The van der Waals surface area contributed by atoms with Gasteiger partial charge in [-0.1, -0.05) is 42.5 Å². The molecule has 4 nitrogen and oxygen atoms in total. The van der Waals surface area contributed by atoms with Crippen molar-refractivity contribution in [2.75, 3.05) is 5.32 Å². The lowest BCUT2D eigenvalue weighted by Crippen LogP contribution is -2.08. The van der Waals surface area contributed by atoms with Crippen molar-refractivity contribution < 1.29 is 4.79 Å². The molecule has 0 atom stereocenters. The molecular weight excluding hydrogens is 318 g/mol. The Labute approximate surface area is 145 Å². The van der Waals surface area contributed by atoms with Crippen molar-refractivity contribution >= 4 is 29.4 Å². The molecule has 2 aromatic carbocycles. The van der Waals surface area contributed by atoms with Crippen LogP contribution in [0.4, 0.5) is 5.69 Å². The third-order valence-corrected chi connectivity index (χ3v) is 4.50. The maximum Gasteiger partial charge on any atom is 0.248 e. The van der Waals surface area contributed by atoms with Crippen molar-refractivity contribution in [2.24, 2.45) is 7.05 Å². The number of nitrogens with one attached hydrogen (secondary N) is 1. The van der Waals surface area contributed by atoms with E-state index in [0.717, 1.165) is 21.3 Å². The number of aryl methyl sites for hydroxylation is 1. The average molecular weight is 335 g/mol. The number of nitrogens with zero attached hydrogens (tertiary/aromatic N) is 2. The topological polar surface area (TPSA) is 46.9 Å². The predicted octanol–water partition coefficient (Wildman–Crippen LogP) is 4.22. The van der Waals surface area contributed by atoms with E-state index >= 15 is 0 Å². The van der Waals surface area contributed by atoms with E-state index in [-0.39, 0.29) is 5.91 Å². The minimum absolute atomic E-state index is 0.160. The van der Waals surface area contributed by atoms with Gasteiger partial charge in [-0.25, -0.2) is 4.98 Å². The second kappa shape index (κ2) is 7.66. The molecule has 0 radical (unpaired) electrons. The number of anilines is 1. The van der Waals surface area contributed by atoms with Crippen molar-refractivity contribution in [2.45, 2.75) is 10.1 Å². The van der Waals surface area contributed by atoms with Crippen LogP contribution in [0.2, 0.25) is 0 Å². The molecule has 24 heavy (non-hydrogen) atoms. The fourth-order valence-electron chi connectivity index (χ4n) is 2.12. The van der Waals surface area contributed by atoms with Crippen LogP contribution in [0.1, 0.15) is 5.56 Å². The first kappa shape index (κ1) is 16.1. The van der Waals surface area contributed by atoms with Gasteiger partial charge in [-0.3, -0.25) is 4.79 Å². The van der Waals surface area contributed by atoms with Gasteiger partial charge in [-0.2, -0.15) is 0 Å². The highest BCUT2D eigenvalue weighted by Gasteiger charge is 2.08. The summed E-state index contributed by atoms with van der Waals surface area (Å²) < 4.78 is 1.94. The van der Waals surface area contributed by atoms with E-state index < -0.39 is 0 Å². The summed E-state index contributed by atoms with van der Waals surface area (Å²) in [6.07, 6.45) is 6.99. The van der Waals surface area contributed by atoms with Crippen LogP contribution in [-0.2, 0) is 11.8 Å². The van der Waals surface area contributed by atoms with E-state index in [0.29, 0.717) is 0 Å². The lowest BCUT2D eigenvalue weighted by Gasteiger charge is -2.09. The van der Waals surface area contributed by atoms with Crippen LogP contribution in [0, 0.1) is 0 Å². The summed E-state index contributed by atoms with van der Waals surface area (Å²) in [5, 5.41) is 3.80. The lowest BCUT2D eigenvalue weighted by atomic mass is 10.2. The van der Waals surface area contributed by atoms with Crippen molar-refractivity contribution in [1.82, 2.24) is 9.55 Å². The van der Waals surface area contributed by atoms with Gasteiger partial charge in [0.1, 0.15) is 0 Å². The molecule has 0 aliphatic rings. The minimum Gasteiger partial charge on any atom is -0.329 e. The van der Waals surface area contributed by atoms with Gasteiger partial charge in [-0.05, 0) is 35.5 Å². The zero-order valence-electron chi connectivity index (χ0n) is 13.2. The summed E-state index contributed by atoms with van der Waals surface area (Å²) >= 11 is 1.52. The standard InChI is InChI=1S/C19H17N3OS/c1-22-14-13-20-19(22)24-17-10-6-5-9-16(17)21-18(23)12-11-15-7-3-2-4-8-15/h2-14H,1H3,(H,21,23)/b12-11+. The van der Waals surface area contributed by atoms with Crippen LogP contribution in [0.3, 0.4) is 0 Å². The summed E-state index contributed by atoms with van der Waals surface area (Å²) in [6, 6.07) is 17.4. The first-order valence-electron chi connectivity index (χ1n) is 7.51. The van der Waals surface area contributed by atoms with Crippen LogP contribution in [0.5, 0.6) is 0 Å². The van der Waals surface area contributed by atoms with Gasteiger partial charge in [0.25, 0.3) is 0 Å². The molecule has 0 spiro atoms. The highest BCUT2D eigenvalue weighted by molar-refractivity contribution is 7.99. The lowest BCUT2D eigenvalue weighted by molar-refractivity contribution is -0.111. The van der Waals surface area contributed by atoms with Gasteiger partial charge in [0.15, 0.2) is 5.16 Å². The monoisotopic (exact) mass is 335 g/mol. The number of amides is 1. The SMILES string of the molecule is Cn1ccnc1Sc1ccccc1NC(=O)/C=C/c1ccccc1. The third kappa shape index (κ3) is 4.14. The Bertz CT molecular complexity index is 856.